The minimum absolute atomic E-state index is 0.361. The van der Waals surface area contributed by atoms with Crippen LogP contribution in [0.5, 0.6) is 0 Å². The van der Waals surface area contributed by atoms with Crippen molar-refractivity contribution >= 4 is 33.5 Å². The molecule has 98 valence electrons. The van der Waals surface area contributed by atoms with Crippen LogP contribution in [0, 0.1) is 0 Å². The van der Waals surface area contributed by atoms with Crippen molar-refractivity contribution in [1.82, 2.24) is 0 Å². The largest absolute Gasteiger partial charge is 0.480 e. The van der Waals surface area contributed by atoms with Crippen molar-refractivity contribution in [2.24, 2.45) is 5.73 Å². The van der Waals surface area contributed by atoms with Gasteiger partial charge in [0.1, 0.15) is 5.54 Å². The van der Waals surface area contributed by atoms with E-state index in [1.54, 1.807) is 44.0 Å². The van der Waals surface area contributed by atoms with Crippen LogP contribution in [0.1, 0.15) is 24.2 Å². The van der Waals surface area contributed by atoms with E-state index in [2.05, 4.69) is 15.9 Å². The van der Waals surface area contributed by atoms with E-state index >= 15 is 0 Å². The number of nitrogens with zero attached hydrogens (tertiary/aromatic N) is 1. The van der Waals surface area contributed by atoms with Gasteiger partial charge >= 0.3 is 5.97 Å². The number of hydrogen-bond acceptors (Lipinski definition) is 3. The lowest BCUT2D eigenvalue weighted by atomic mass is 10.0. The minimum atomic E-state index is -1.05. The third-order valence-electron chi connectivity index (χ3n) is 2.97. The normalized spacial score (nSPS) is 11.1. The van der Waals surface area contributed by atoms with Crippen LogP contribution >= 0.6 is 15.9 Å². The highest BCUT2D eigenvalue weighted by Crippen LogP contribution is 2.27. The number of likely N-dealkylation sites (N-methyl/N-ethyl adjacent to an activating group) is 1. The van der Waals surface area contributed by atoms with E-state index in [0.717, 1.165) is 0 Å². The minimum Gasteiger partial charge on any atom is -0.480 e. The van der Waals surface area contributed by atoms with Crippen LogP contribution in [0.4, 0.5) is 5.69 Å². The Morgan fingerprint density at radius 1 is 1.39 bits per heavy atom. The average molecular weight is 315 g/mol. The third kappa shape index (κ3) is 2.64. The second kappa shape index (κ2) is 4.97. The fourth-order valence-electron chi connectivity index (χ4n) is 1.38. The molecule has 0 aliphatic carbocycles. The summed E-state index contributed by atoms with van der Waals surface area (Å²) in [4.78, 5) is 23.9. The lowest BCUT2D eigenvalue weighted by Gasteiger charge is -2.33. The molecule has 0 aliphatic heterocycles. The molecule has 0 heterocycles. The van der Waals surface area contributed by atoms with E-state index in [4.69, 9.17) is 10.8 Å². The summed E-state index contributed by atoms with van der Waals surface area (Å²) in [5, 5.41) is 9.16. The van der Waals surface area contributed by atoms with E-state index in [1.165, 1.54) is 0 Å². The maximum absolute atomic E-state index is 11.2. The van der Waals surface area contributed by atoms with Crippen LogP contribution in [-0.4, -0.2) is 29.6 Å². The van der Waals surface area contributed by atoms with Crippen LogP contribution in [0.25, 0.3) is 0 Å². The molecule has 0 aromatic heterocycles. The predicted octanol–water partition coefficient (Wildman–Crippen LogP) is 1.85. The monoisotopic (exact) mass is 314 g/mol. The topological polar surface area (TPSA) is 83.6 Å². The second-order valence-electron chi connectivity index (χ2n) is 4.45. The van der Waals surface area contributed by atoms with Crippen molar-refractivity contribution in [1.29, 1.82) is 0 Å². The lowest BCUT2D eigenvalue weighted by Crippen LogP contribution is -2.48. The maximum Gasteiger partial charge on any atom is 0.328 e. The number of halogens is 1. The lowest BCUT2D eigenvalue weighted by molar-refractivity contribution is -0.142. The molecule has 0 radical (unpaired) electrons. The molecule has 0 unspecified atom stereocenters. The number of nitrogens with two attached hydrogens (primary N) is 1. The number of primary amides is 1. The Morgan fingerprint density at radius 3 is 2.33 bits per heavy atom. The molecular formula is C12H15BrN2O3. The average Bonchev–Trinajstić information content (AvgIpc) is 2.26. The van der Waals surface area contributed by atoms with Gasteiger partial charge in [0.15, 0.2) is 0 Å². The summed E-state index contributed by atoms with van der Waals surface area (Å²) in [5.74, 6) is -1.46. The number of amides is 1. The van der Waals surface area contributed by atoms with Gasteiger partial charge in [-0.2, -0.15) is 0 Å². The molecule has 0 saturated carbocycles. The molecule has 6 heteroatoms. The number of rotatable bonds is 4. The van der Waals surface area contributed by atoms with Crippen molar-refractivity contribution in [3.05, 3.63) is 28.2 Å². The predicted molar refractivity (Wildman–Crippen MR) is 72.8 cm³/mol. The van der Waals surface area contributed by atoms with Gasteiger partial charge in [-0.1, -0.05) is 0 Å². The Kier molecular flexibility index (Phi) is 4.01. The van der Waals surface area contributed by atoms with E-state index < -0.39 is 17.4 Å². The zero-order valence-corrected chi connectivity index (χ0v) is 12.0. The number of anilines is 1. The van der Waals surface area contributed by atoms with E-state index in [1.807, 2.05) is 0 Å². The third-order valence-corrected chi connectivity index (χ3v) is 3.62. The Morgan fingerprint density at radius 2 is 1.94 bits per heavy atom. The fraction of sp³-hybridized carbons (Fsp3) is 0.333. The molecule has 5 nitrogen and oxygen atoms in total. The van der Waals surface area contributed by atoms with Crippen LogP contribution in [0.2, 0.25) is 0 Å². The van der Waals surface area contributed by atoms with Crippen LogP contribution in [-0.2, 0) is 4.79 Å². The molecule has 1 rings (SSSR count). The first-order chi connectivity index (χ1) is 8.17. The first kappa shape index (κ1) is 14.5. The Bertz CT molecular complexity index is 500. The SMILES string of the molecule is CN(c1ccc(C(N)=O)c(Br)c1)C(C)(C)C(=O)O. The van der Waals surface area contributed by atoms with Crippen molar-refractivity contribution in [3.63, 3.8) is 0 Å². The maximum atomic E-state index is 11.2. The molecule has 0 spiro atoms. The Labute approximate surface area is 114 Å². The summed E-state index contributed by atoms with van der Waals surface area (Å²) in [5.41, 5.74) is 5.19. The van der Waals surface area contributed by atoms with Gasteiger partial charge in [0.25, 0.3) is 0 Å². The molecule has 1 aromatic carbocycles. The zero-order chi connectivity index (χ0) is 14.1. The van der Waals surface area contributed by atoms with E-state index in [9.17, 15) is 9.59 Å². The van der Waals surface area contributed by atoms with Gasteiger partial charge in [-0.3, -0.25) is 4.79 Å². The highest BCUT2D eigenvalue weighted by Gasteiger charge is 2.32. The molecule has 0 bridgehead atoms. The smallest absolute Gasteiger partial charge is 0.328 e. The summed E-state index contributed by atoms with van der Waals surface area (Å²) >= 11 is 3.24. The van der Waals surface area contributed by atoms with Gasteiger partial charge in [-0.25, -0.2) is 4.79 Å². The summed E-state index contributed by atoms with van der Waals surface area (Å²) in [6.45, 7) is 3.20. The molecule has 1 amide bonds. The van der Waals surface area contributed by atoms with Gasteiger partial charge in [0.2, 0.25) is 5.91 Å². The van der Waals surface area contributed by atoms with Gasteiger partial charge in [0.05, 0.1) is 5.56 Å². The van der Waals surface area contributed by atoms with Gasteiger partial charge in [-0.05, 0) is 48.0 Å². The molecular weight excluding hydrogens is 300 g/mol. The van der Waals surface area contributed by atoms with Crippen molar-refractivity contribution < 1.29 is 14.7 Å². The molecule has 3 N–H and O–H groups in total. The second-order valence-corrected chi connectivity index (χ2v) is 5.31. The van der Waals surface area contributed by atoms with Crippen molar-refractivity contribution in [2.75, 3.05) is 11.9 Å². The van der Waals surface area contributed by atoms with Crippen LogP contribution < -0.4 is 10.6 Å². The number of carboxylic acids is 1. The summed E-state index contributed by atoms with van der Waals surface area (Å²) in [6, 6.07) is 4.90. The van der Waals surface area contributed by atoms with Gasteiger partial charge in [-0.15, -0.1) is 0 Å². The first-order valence-corrected chi connectivity index (χ1v) is 6.03. The number of benzene rings is 1. The number of hydrogen-bond donors (Lipinski definition) is 2. The standard InChI is InChI=1S/C12H15BrN2O3/c1-12(2,11(17)18)15(3)7-4-5-8(10(14)16)9(13)6-7/h4-6H,1-3H3,(H2,14,16)(H,17,18). The van der Waals surface area contributed by atoms with Crippen molar-refractivity contribution in [2.45, 2.75) is 19.4 Å². The molecule has 0 fully saturated rings. The highest BCUT2D eigenvalue weighted by atomic mass is 79.9. The van der Waals surface area contributed by atoms with Crippen LogP contribution in [0.15, 0.2) is 22.7 Å². The summed E-state index contributed by atoms with van der Waals surface area (Å²) in [6.07, 6.45) is 0. The molecule has 18 heavy (non-hydrogen) atoms. The zero-order valence-electron chi connectivity index (χ0n) is 10.4. The molecule has 0 aliphatic rings. The number of carbonyl (C=O) groups is 2. The molecule has 0 atom stereocenters. The van der Waals surface area contributed by atoms with Crippen molar-refractivity contribution in [3.8, 4) is 0 Å². The Balaban J connectivity index is 3.16. The highest BCUT2D eigenvalue weighted by molar-refractivity contribution is 9.10. The van der Waals surface area contributed by atoms with Gasteiger partial charge in [0, 0.05) is 17.2 Å². The first-order valence-electron chi connectivity index (χ1n) is 5.24. The number of carboxylic acid groups (broad SMARTS) is 1. The summed E-state index contributed by atoms with van der Waals surface area (Å²) in [7, 11) is 1.68. The quantitative estimate of drug-likeness (QED) is 0.888. The van der Waals surface area contributed by atoms with E-state index in [0.29, 0.717) is 15.7 Å². The van der Waals surface area contributed by atoms with Gasteiger partial charge < -0.3 is 15.7 Å². The fourth-order valence-corrected chi connectivity index (χ4v) is 1.94. The number of aliphatic carboxylic acids is 1. The Hall–Kier alpha value is -1.56. The van der Waals surface area contributed by atoms with Crippen LogP contribution in [0.3, 0.4) is 0 Å². The molecule has 1 aromatic rings. The summed E-state index contributed by atoms with van der Waals surface area (Å²) < 4.78 is 0.542. The van der Waals surface area contributed by atoms with E-state index in [-0.39, 0.29) is 0 Å². The molecule has 0 saturated heterocycles. The number of carbonyl (C=O) groups excluding carboxylic acids is 1.